The second-order valence-electron chi connectivity index (χ2n) is 6.76. The summed E-state index contributed by atoms with van der Waals surface area (Å²) < 4.78 is 0. The van der Waals surface area contributed by atoms with Crippen molar-refractivity contribution in [3.8, 4) is 0 Å². The first-order chi connectivity index (χ1) is 8.60. The maximum absolute atomic E-state index is 11.8. The van der Waals surface area contributed by atoms with Crippen LogP contribution in [-0.2, 0) is 0 Å². The Balaban J connectivity index is 1.76. The van der Waals surface area contributed by atoms with E-state index in [2.05, 4.69) is 24.5 Å². The summed E-state index contributed by atoms with van der Waals surface area (Å²) in [7, 11) is 0. The number of rotatable bonds is 5. The van der Waals surface area contributed by atoms with Gasteiger partial charge in [0.15, 0.2) is 0 Å². The van der Waals surface area contributed by atoms with Gasteiger partial charge >= 0.3 is 6.03 Å². The molecule has 2 fully saturated rings. The number of carbonyl (C=O) groups is 1. The predicted octanol–water partition coefficient (Wildman–Crippen LogP) is 3.44. The lowest BCUT2D eigenvalue weighted by Gasteiger charge is -2.32. The van der Waals surface area contributed by atoms with Gasteiger partial charge in [0.1, 0.15) is 0 Å². The van der Waals surface area contributed by atoms with Crippen molar-refractivity contribution >= 4 is 6.03 Å². The summed E-state index contributed by atoms with van der Waals surface area (Å²) >= 11 is 0. The Morgan fingerprint density at radius 3 is 2.39 bits per heavy atom. The fourth-order valence-electron chi connectivity index (χ4n) is 3.50. The van der Waals surface area contributed by atoms with Crippen molar-refractivity contribution < 1.29 is 4.79 Å². The maximum atomic E-state index is 11.8. The van der Waals surface area contributed by atoms with Crippen LogP contribution in [0.5, 0.6) is 0 Å². The van der Waals surface area contributed by atoms with E-state index >= 15 is 0 Å². The van der Waals surface area contributed by atoms with Gasteiger partial charge in [0, 0.05) is 12.6 Å². The van der Waals surface area contributed by atoms with Crippen molar-refractivity contribution in [3.05, 3.63) is 0 Å². The van der Waals surface area contributed by atoms with Crippen molar-refractivity contribution in [2.24, 2.45) is 11.3 Å². The Kier molecular flexibility index (Phi) is 4.52. The van der Waals surface area contributed by atoms with Gasteiger partial charge in [0.25, 0.3) is 0 Å². The standard InChI is InChI=1S/C15H28N2O/c1-12(2)10-15(8-3-4-9-15)11-16-14(18)17-13-6-5-7-13/h12-13H,3-11H2,1-2H3,(H2,16,17,18). The highest BCUT2D eigenvalue weighted by Gasteiger charge is 2.34. The van der Waals surface area contributed by atoms with Crippen molar-refractivity contribution in [2.45, 2.75) is 71.3 Å². The van der Waals surface area contributed by atoms with Crippen LogP contribution in [0.4, 0.5) is 4.79 Å². The fourth-order valence-corrected chi connectivity index (χ4v) is 3.50. The van der Waals surface area contributed by atoms with Crippen LogP contribution >= 0.6 is 0 Å². The Labute approximate surface area is 111 Å². The average Bonchev–Trinajstić information content (AvgIpc) is 2.69. The van der Waals surface area contributed by atoms with Gasteiger partial charge in [-0.1, -0.05) is 26.7 Å². The smallest absolute Gasteiger partial charge is 0.315 e. The molecule has 0 aliphatic heterocycles. The third-order valence-corrected chi connectivity index (χ3v) is 4.57. The number of hydrogen-bond acceptors (Lipinski definition) is 1. The van der Waals surface area contributed by atoms with E-state index < -0.39 is 0 Å². The molecule has 0 spiro atoms. The van der Waals surface area contributed by atoms with Gasteiger partial charge in [-0.05, 0) is 49.9 Å². The Bertz CT molecular complexity index is 278. The summed E-state index contributed by atoms with van der Waals surface area (Å²) in [6, 6.07) is 0.490. The van der Waals surface area contributed by atoms with E-state index in [1.807, 2.05) is 0 Å². The quantitative estimate of drug-likeness (QED) is 0.773. The van der Waals surface area contributed by atoms with Crippen LogP contribution in [0.2, 0.25) is 0 Å². The molecule has 3 heteroatoms. The molecular weight excluding hydrogens is 224 g/mol. The maximum Gasteiger partial charge on any atom is 0.315 e. The minimum Gasteiger partial charge on any atom is -0.338 e. The molecular formula is C15H28N2O. The van der Waals surface area contributed by atoms with Crippen LogP contribution in [-0.4, -0.2) is 18.6 Å². The number of nitrogens with one attached hydrogen (secondary N) is 2. The summed E-state index contributed by atoms with van der Waals surface area (Å²) in [4.78, 5) is 11.8. The largest absolute Gasteiger partial charge is 0.338 e. The lowest BCUT2D eigenvalue weighted by atomic mass is 9.78. The molecule has 0 atom stereocenters. The highest BCUT2D eigenvalue weighted by molar-refractivity contribution is 5.74. The second kappa shape index (κ2) is 5.94. The van der Waals surface area contributed by atoms with Crippen LogP contribution in [0, 0.1) is 11.3 Å². The van der Waals surface area contributed by atoms with Crippen molar-refractivity contribution in [1.29, 1.82) is 0 Å². The third-order valence-electron chi connectivity index (χ3n) is 4.57. The van der Waals surface area contributed by atoms with Gasteiger partial charge in [-0.15, -0.1) is 0 Å². The van der Waals surface area contributed by atoms with Gasteiger partial charge in [0.05, 0.1) is 0 Å². The van der Waals surface area contributed by atoms with Crippen molar-refractivity contribution in [2.75, 3.05) is 6.54 Å². The third kappa shape index (κ3) is 3.63. The molecule has 0 saturated heterocycles. The minimum absolute atomic E-state index is 0.0507. The molecule has 0 bridgehead atoms. The molecule has 0 aromatic carbocycles. The van der Waals surface area contributed by atoms with Crippen molar-refractivity contribution in [1.82, 2.24) is 10.6 Å². The zero-order chi connectivity index (χ0) is 13.0. The normalized spacial score (nSPS) is 22.8. The topological polar surface area (TPSA) is 41.1 Å². The predicted molar refractivity (Wildman–Crippen MR) is 74.5 cm³/mol. The molecule has 0 aromatic rings. The lowest BCUT2D eigenvalue weighted by molar-refractivity contribution is 0.202. The molecule has 0 radical (unpaired) electrons. The first-order valence-electron chi connectivity index (χ1n) is 7.64. The molecule has 2 N–H and O–H groups in total. The van der Waals surface area contributed by atoms with E-state index in [9.17, 15) is 4.79 Å². The number of amides is 2. The molecule has 104 valence electrons. The SMILES string of the molecule is CC(C)CC1(CNC(=O)NC2CCC2)CCCC1. The molecule has 2 amide bonds. The van der Waals surface area contributed by atoms with E-state index in [0.717, 1.165) is 25.3 Å². The van der Waals surface area contributed by atoms with Gasteiger partial charge < -0.3 is 10.6 Å². The lowest BCUT2D eigenvalue weighted by Crippen LogP contribution is -2.48. The van der Waals surface area contributed by atoms with Gasteiger partial charge in [0.2, 0.25) is 0 Å². The summed E-state index contributed by atoms with van der Waals surface area (Å²) in [6.45, 7) is 5.44. The monoisotopic (exact) mass is 252 g/mol. The molecule has 18 heavy (non-hydrogen) atoms. The molecule has 0 heterocycles. The van der Waals surface area contributed by atoms with E-state index in [1.54, 1.807) is 0 Å². The first kappa shape index (κ1) is 13.7. The number of hydrogen-bond donors (Lipinski definition) is 2. The number of carbonyl (C=O) groups excluding carboxylic acids is 1. The molecule has 2 aliphatic rings. The van der Waals surface area contributed by atoms with E-state index in [-0.39, 0.29) is 6.03 Å². The molecule has 2 rings (SSSR count). The average molecular weight is 252 g/mol. The van der Waals surface area contributed by atoms with Gasteiger partial charge in [-0.3, -0.25) is 0 Å². The summed E-state index contributed by atoms with van der Waals surface area (Å²) in [5.74, 6) is 0.722. The summed E-state index contributed by atoms with van der Waals surface area (Å²) in [5.41, 5.74) is 0.380. The van der Waals surface area contributed by atoms with Gasteiger partial charge in [-0.25, -0.2) is 4.79 Å². The minimum atomic E-state index is 0.0507. The molecule has 0 unspecified atom stereocenters. The van der Waals surface area contributed by atoms with Crippen LogP contribution in [0.15, 0.2) is 0 Å². The number of urea groups is 1. The Morgan fingerprint density at radius 2 is 1.89 bits per heavy atom. The Morgan fingerprint density at radius 1 is 1.22 bits per heavy atom. The Hall–Kier alpha value is -0.730. The summed E-state index contributed by atoms with van der Waals surface area (Å²) in [5, 5.41) is 6.18. The highest BCUT2D eigenvalue weighted by atomic mass is 16.2. The molecule has 2 aliphatic carbocycles. The van der Waals surface area contributed by atoms with E-state index in [4.69, 9.17) is 0 Å². The second-order valence-corrected chi connectivity index (χ2v) is 6.76. The molecule has 2 saturated carbocycles. The van der Waals surface area contributed by atoms with Crippen LogP contribution in [0.1, 0.15) is 65.2 Å². The van der Waals surface area contributed by atoms with Gasteiger partial charge in [-0.2, -0.15) is 0 Å². The highest BCUT2D eigenvalue weighted by Crippen LogP contribution is 2.42. The van der Waals surface area contributed by atoms with Crippen LogP contribution in [0.3, 0.4) is 0 Å². The zero-order valence-corrected chi connectivity index (χ0v) is 11.9. The van der Waals surface area contributed by atoms with Crippen molar-refractivity contribution in [3.63, 3.8) is 0 Å². The van der Waals surface area contributed by atoms with Crippen LogP contribution < -0.4 is 10.6 Å². The molecule has 3 nitrogen and oxygen atoms in total. The van der Waals surface area contributed by atoms with E-state index in [1.165, 1.54) is 38.5 Å². The summed E-state index contributed by atoms with van der Waals surface area (Å²) in [6.07, 6.45) is 10.1. The molecule has 0 aromatic heterocycles. The van der Waals surface area contributed by atoms with Crippen LogP contribution in [0.25, 0.3) is 0 Å². The first-order valence-corrected chi connectivity index (χ1v) is 7.64. The zero-order valence-electron chi connectivity index (χ0n) is 11.9. The fraction of sp³-hybridized carbons (Fsp3) is 0.933. The van der Waals surface area contributed by atoms with E-state index in [0.29, 0.717) is 11.5 Å².